The maximum absolute atomic E-state index is 14.1. The molecule has 39 heavy (non-hydrogen) atoms. The number of nitrogens with zero attached hydrogens (tertiary/aromatic N) is 6. The molecule has 0 bridgehead atoms. The minimum atomic E-state index is -1.13. The number of hydrogen-bond acceptors (Lipinski definition) is 8. The van der Waals surface area contributed by atoms with E-state index in [-0.39, 0.29) is 18.2 Å². The molecular formula is C27H28ClFN6O4. The molecule has 5 rings (SSSR count). The monoisotopic (exact) mass is 554 g/mol. The van der Waals surface area contributed by atoms with Crippen molar-refractivity contribution < 1.29 is 23.8 Å². The maximum Gasteiger partial charge on any atom is 0.356 e. The fourth-order valence-electron chi connectivity index (χ4n) is 4.69. The van der Waals surface area contributed by atoms with E-state index in [1.807, 2.05) is 16.7 Å². The standard InChI is InChI=1S/C27H28ClFN6O4/c1-38-12-11-35-23(33-25-26(35)32-22(14-30-25)27(36)37)15-34-9-7-17(8-10-34)21-3-2-4-24(31-21)39-16-18-5-6-19(28)13-20(18)29/h2-6,13-14,17H,7-12,15-16H2,1H3,(H,36,37). The molecule has 0 atom stereocenters. The Morgan fingerprint density at radius 2 is 2.00 bits per heavy atom. The summed E-state index contributed by atoms with van der Waals surface area (Å²) in [6, 6.07) is 10.2. The summed E-state index contributed by atoms with van der Waals surface area (Å²) in [5.74, 6) is -0.0444. The number of carbonyl (C=O) groups is 1. The smallest absolute Gasteiger partial charge is 0.356 e. The number of aromatic nitrogens is 5. The van der Waals surface area contributed by atoms with Crippen LogP contribution in [-0.2, 0) is 24.4 Å². The van der Waals surface area contributed by atoms with E-state index in [9.17, 15) is 14.3 Å². The second-order valence-corrected chi connectivity index (χ2v) is 9.79. The number of piperidine rings is 1. The highest BCUT2D eigenvalue weighted by Crippen LogP contribution is 2.29. The molecule has 0 saturated carbocycles. The van der Waals surface area contributed by atoms with Crippen molar-refractivity contribution in [2.75, 3.05) is 26.8 Å². The number of aromatic carboxylic acids is 1. The molecule has 0 radical (unpaired) electrons. The molecular weight excluding hydrogens is 527 g/mol. The number of pyridine rings is 1. The van der Waals surface area contributed by atoms with E-state index < -0.39 is 11.8 Å². The van der Waals surface area contributed by atoms with Crippen LogP contribution in [0.4, 0.5) is 4.39 Å². The third-order valence-electron chi connectivity index (χ3n) is 6.78. The largest absolute Gasteiger partial charge is 0.476 e. The summed E-state index contributed by atoms with van der Waals surface area (Å²) in [7, 11) is 1.61. The number of rotatable bonds is 10. The number of benzene rings is 1. The predicted octanol–water partition coefficient (Wildman–Crippen LogP) is 4.32. The van der Waals surface area contributed by atoms with E-state index >= 15 is 0 Å². The molecule has 4 aromatic rings. The molecule has 12 heteroatoms. The molecule has 10 nitrogen and oxygen atoms in total. The lowest BCUT2D eigenvalue weighted by Crippen LogP contribution is -2.33. The second kappa shape index (κ2) is 12.0. The summed E-state index contributed by atoms with van der Waals surface area (Å²) in [4.78, 5) is 31.5. The third-order valence-corrected chi connectivity index (χ3v) is 7.02. The quantitative estimate of drug-likeness (QED) is 0.306. The third kappa shape index (κ3) is 6.32. The van der Waals surface area contributed by atoms with E-state index in [1.54, 1.807) is 25.3 Å². The molecule has 1 aromatic carbocycles. The van der Waals surface area contributed by atoms with E-state index in [1.165, 1.54) is 12.3 Å². The zero-order valence-corrected chi connectivity index (χ0v) is 22.1. The summed E-state index contributed by atoms with van der Waals surface area (Å²) in [6.07, 6.45) is 3.03. The molecule has 3 aromatic heterocycles. The number of hydrogen-bond donors (Lipinski definition) is 1. The lowest BCUT2D eigenvalue weighted by molar-refractivity contribution is 0.0690. The lowest BCUT2D eigenvalue weighted by Gasteiger charge is -2.31. The van der Waals surface area contributed by atoms with Crippen molar-refractivity contribution in [3.05, 3.63) is 76.2 Å². The first-order valence-corrected chi connectivity index (χ1v) is 13.0. The summed E-state index contributed by atoms with van der Waals surface area (Å²) in [5, 5.41) is 9.66. The number of carboxylic acids is 1. The number of fused-ring (bicyclic) bond motifs is 1. The molecule has 204 valence electrons. The van der Waals surface area contributed by atoms with Crippen molar-refractivity contribution in [1.29, 1.82) is 0 Å². The Morgan fingerprint density at radius 1 is 1.18 bits per heavy atom. The Hall–Kier alpha value is -3.67. The predicted molar refractivity (Wildman–Crippen MR) is 141 cm³/mol. The van der Waals surface area contributed by atoms with Gasteiger partial charge in [-0.1, -0.05) is 23.7 Å². The fraction of sp³-hybridized carbons (Fsp3) is 0.370. The second-order valence-electron chi connectivity index (χ2n) is 9.36. The van der Waals surface area contributed by atoms with Gasteiger partial charge in [0, 0.05) is 41.9 Å². The van der Waals surface area contributed by atoms with Crippen molar-refractivity contribution >= 4 is 28.9 Å². The average Bonchev–Trinajstić information content (AvgIpc) is 3.27. The number of methoxy groups -OCH3 is 1. The van der Waals surface area contributed by atoms with Crippen LogP contribution in [-0.4, -0.2) is 67.3 Å². The fourth-order valence-corrected chi connectivity index (χ4v) is 4.85. The molecule has 1 aliphatic heterocycles. The van der Waals surface area contributed by atoms with E-state index in [0.29, 0.717) is 47.5 Å². The lowest BCUT2D eigenvalue weighted by atomic mass is 9.93. The van der Waals surface area contributed by atoms with Gasteiger partial charge in [-0.25, -0.2) is 29.1 Å². The Morgan fingerprint density at radius 3 is 2.74 bits per heavy atom. The molecule has 4 heterocycles. The first-order chi connectivity index (χ1) is 18.9. The van der Waals surface area contributed by atoms with E-state index in [0.717, 1.165) is 37.4 Å². The Balaban J connectivity index is 1.23. The van der Waals surface area contributed by atoms with Gasteiger partial charge in [-0.05, 0) is 44.1 Å². The summed E-state index contributed by atoms with van der Waals surface area (Å²) in [6.45, 7) is 3.26. The summed E-state index contributed by atoms with van der Waals surface area (Å²) >= 11 is 5.83. The number of halogens is 2. The van der Waals surface area contributed by atoms with E-state index in [4.69, 9.17) is 21.1 Å². The number of carboxylic acid groups (broad SMARTS) is 1. The van der Waals surface area contributed by atoms with Gasteiger partial charge in [-0.15, -0.1) is 0 Å². The highest BCUT2D eigenvalue weighted by molar-refractivity contribution is 6.30. The van der Waals surface area contributed by atoms with Gasteiger partial charge in [0.05, 0.1) is 19.3 Å². The Kier molecular flexibility index (Phi) is 8.30. The number of ether oxygens (including phenoxy) is 2. The van der Waals surface area contributed by atoms with Gasteiger partial charge in [0.1, 0.15) is 18.2 Å². The van der Waals surface area contributed by atoms with Crippen molar-refractivity contribution in [3.63, 3.8) is 0 Å². The first kappa shape index (κ1) is 26.9. The van der Waals surface area contributed by atoms with Crippen molar-refractivity contribution in [2.24, 2.45) is 0 Å². The van der Waals surface area contributed by atoms with Gasteiger partial charge in [0.15, 0.2) is 17.0 Å². The van der Waals surface area contributed by atoms with Gasteiger partial charge >= 0.3 is 5.97 Å². The summed E-state index contributed by atoms with van der Waals surface area (Å²) < 4.78 is 27.0. The Labute approximate surface area is 229 Å². The topological polar surface area (TPSA) is 115 Å². The Bertz CT molecular complexity index is 1470. The maximum atomic E-state index is 14.1. The van der Waals surface area contributed by atoms with Gasteiger partial charge < -0.3 is 19.1 Å². The minimum absolute atomic E-state index is 0.0691. The van der Waals surface area contributed by atoms with Gasteiger partial charge in [-0.2, -0.15) is 0 Å². The van der Waals surface area contributed by atoms with Crippen molar-refractivity contribution in [2.45, 2.75) is 38.5 Å². The van der Waals surface area contributed by atoms with Gasteiger partial charge in [-0.3, -0.25) is 4.90 Å². The minimum Gasteiger partial charge on any atom is -0.476 e. The van der Waals surface area contributed by atoms with Crippen LogP contribution < -0.4 is 4.74 Å². The molecule has 0 spiro atoms. The molecule has 0 unspecified atom stereocenters. The molecule has 1 N–H and O–H groups in total. The zero-order valence-electron chi connectivity index (χ0n) is 21.4. The number of likely N-dealkylation sites (tertiary alicyclic amines) is 1. The molecule has 1 aliphatic rings. The molecule has 1 saturated heterocycles. The highest BCUT2D eigenvalue weighted by atomic mass is 35.5. The van der Waals surface area contributed by atoms with Crippen LogP contribution in [0.5, 0.6) is 5.88 Å². The van der Waals surface area contributed by atoms with Crippen LogP contribution in [0.2, 0.25) is 5.02 Å². The van der Waals surface area contributed by atoms with Crippen LogP contribution in [0, 0.1) is 5.82 Å². The number of imidazole rings is 1. The van der Waals surface area contributed by atoms with E-state index in [2.05, 4.69) is 24.8 Å². The SMILES string of the molecule is COCCn1c(CN2CCC(c3cccc(OCc4ccc(Cl)cc4F)n3)CC2)nc2ncc(C(=O)O)nc21. The highest BCUT2D eigenvalue weighted by Gasteiger charge is 2.24. The first-order valence-electron chi connectivity index (χ1n) is 12.6. The van der Waals surface area contributed by atoms with Crippen LogP contribution in [0.25, 0.3) is 11.3 Å². The van der Waals surface area contributed by atoms with Crippen LogP contribution >= 0.6 is 11.6 Å². The van der Waals surface area contributed by atoms with Crippen LogP contribution in [0.1, 0.15) is 46.3 Å². The summed E-state index contributed by atoms with van der Waals surface area (Å²) in [5.41, 5.74) is 2.11. The van der Waals surface area contributed by atoms with Crippen molar-refractivity contribution in [3.8, 4) is 5.88 Å². The van der Waals surface area contributed by atoms with Crippen LogP contribution in [0.15, 0.2) is 42.6 Å². The normalized spacial score (nSPS) is 14.6. The van der Waals surface area contributed by atoms with Crippen LogP contribution in [0.3, 0.4) is 0 Å². The van der Waals surface area contributed by atoms with Crippen molar-refractivity contribution in [1.82, 2.24) is 29.4 Å². The van der Waals surface area contributed by atoms with Gasteiger partial charge in [0.2, 0.25) is 5.88 Å². The molecule has 1 fully saturated rings. The molecule has 0 amide bonds. The van der Waals surface area contributed by atoms with Gasteiger partial charge in [0.25, 0.3) is 0 Å². The molecule has 0 aliphatic carbocycles. The zero-order chi connectivity index (χ0) is 27.4. The average molecular weight is 555 g/mol.